The fourth-order valence-electron chi connectivity index (χ4n) is 3.80. The van der Waals surface area contributed by atoms with Gasteiger partial charge in [-0.3, -0.25) is 14.2 Å². The zero-order valence-corrected chi connectivity index (χ0v) is 19.2. The van der Waals surface area contributed by atoms with Crippen molar-refractivity contribution in [3.63, 3.8) is 0 Å². The van der Waals surface area contributed by atoms with Crippen molar-refractivity contribution >= 4 is 5.91 Å². The molecule has 0 bridgehead atoms. The molecule has 0 aliphatic heterocycles. The van der Waals surface area contributed by atoms with E-state index in [2.05, 4.69) is 15.4 Å². The van der Waals surface area contributed by atoms with E-state index in [0.717, 1.165) is 10.6 Å². The maximum absolute atomic E-state index is 13.9. The first-order chi connectivity index (χ1) is 17.2. The third-order valence-corrected chi connectivity index (χ3v) is 5.44. The molecule has 8 nitrogen and oxygen atoms in total. The smallest absolute Gasteiger partial charge is 0.351 e. The molecule has 2 aromatic carbocycles. The molecule has 0 spiro atoms. The fourth-order valence-corrected chi connectivity index (χ4v) is 3.80. The highest BCUT2D eigenvalue weighted by Gasteiger charge is 2.35. The summed E-state index contributed by atoms with van der Waals surface area (Å²) in [5, 5.41) is 15.8. The minimum absolute atomic E-state index is 0.0835. The van der Waals surface area contributed by atoms with Crippen molar-refractivity contribution < 1.29 is 18.0 Å². The van der Waals surface area contributed by atoms with Crippen molar-refractivity contribution in [1.29, 1.82) is 5.26 Å². The quantitative estimate of drug-likeness (QED) is 0.453. The summed E-state index contributed by atoms with van der Waals surface area (Å²) in [6.45, 7) is 3.28. The molecule has 11 heteroatoms. The van der Waals surface area contributed by atoms with Gasteiger partial charge in [0.1, 0.15) is 5.69 Å². The Labute approximate surface area is 203 Å². The molecule has 0 radical (unpaired) electrons. The van der Waals surface area contributed by atoms with Crippen LogP contribution in [-0.2, 0) is 6.18 Å². The van der Waals surface area contributed by atoms with Crippen LogP contribution in [-0.4, -0.2) is 31.8 Å². The second kappa shape index (κ2) is 9.50. The number of nitrogens with zero attached hydrogens (tertiary/aromatic N) is 5. The monoisotopic (exact) mass is 492 g/mol. The zero-order valence-electron chi connectivity index (χ0n) is 19.2. The molecule has 182 valence electrons. The van der Waals surface area contributed by atoms with E-state index < -0.39 is 34.6 Å². The summed E-state index contributed by atoms with van der Waals surface area (Å²) in [7, 11) is 0. The van der Waals surface area contributed by atoms with Crippen LogP contribution in [0.1, 0.15) is 34.2 Å². The number of hydrogen-bond acceptors (Lipinski definition) is 5. The van der Waals surface area contributed by atoms with Gasteiger partial charge >= 0.3 is 6.18 Å². The maximum Gasteiger partial charge on any atom is 0.418 e. The first-order valence-electron chi connectivity index (χ1n) is 10.8. The standard InChI is InChI=1S/C25H19F3N6O2/c1-3-30-23(35)22-24(36)33(19-7-5-4-6-18(19)25(26,27)28)15(2)21(32-22)20-12-13-31-34(20)17-10-8-16(14-29)9-11-17/h4-13H,3H2,1-2H3,(H,30,35). The predicted molar refractivity (Wildman–Crippen MR) is 125 cm³/mol. The number of benzene rings is 2. The van der Waals surface area contributed by atoms with Crippen LogP contribution in [0.15, 0.2) is 65.6 Å². The number of hydrogen-bond donors (Lipinski definition) is 1. The number of amides is 1. The second-order valence-corrected chi connectivity index (χ2v) is 7.70. The van der Waals surface area contributed by atoms with Crippen molar-refractivity contribution in [3.05, 3.63) is 93.7 Å². The first-order valence-corrected chi connectivity index (χ1v) is 10.8. The van der Waals surface area contributed by atoms with E-state index >= 15 is 0 Å². The minimum atomic E-state index is -4.75. The molecule has 2 heterocycles. The Kier molecular flexibility index (Phi) is 6.44. The number of para-hydroxylation sites is 1. The fraction of sp³-hybridized carbons (Fsp3) is 0.160. The Morgan fingerprint density at radius 3 is 2.44 bits per heavy atom. The molecule has 0 atom stereocenters. The SMILES string of the molecule is CCNC(=O)c1nc(-c2ccnn2-c2ccc(C#N)cc2)c(C)n(-c2ccccc2C(F)(F)F)c1=O. The average Bonchev–Trinajstić information content (AvgIpc) is 3.34. The van der Waals surface area contributed by atoms with E-state index in [0.29, 0.717) is 16.9 Å². The predicted octanol–water partition coefficient (Wildman–Crippen LogP) is 4.03. The minimum Gasteiger partial charge on any atom is -0.351 e. The lowest BCUT2D eigenvalue weighted by Gasteiger charge is -2.19. The first kappa shape index (κ1) is 24.4. The number of nitrogens with one attached hydrogen (secondary N) is 1. The number of carbonyl (C=O) groups excluding carboxylic acids is 1. The van der Waals surface area contributed by atoms with Gasteiger partial charge in [0, 0.05) is 6.54 Å². The molecule has 1 amide bonds. The lowest BCUT2D eigenvalue weighted by Crippen LogP contribution is -2.36. The molecular formula is C25H19F3N6O2. The summed E-state index contributed by atoms with van der Waals surface area (Å²) in [5.41, 5.74) is -1.51. The molecule has 0 aliphatic carbocycles. The molecule has 1 N–H and O–H groups in total. The largest absolute Gasteiger partial charge is 0.418 e. The number of alkyl halides is 3. The molecule has 0 aliphatic rings. The third kappa shape index (κ3) is 4.36. The van der Waals surface area contributed by atoms with Crippen LogP contribution >= 0.6 is 0 Å². The van der Waals surface area contributed by atoms with Gasteiger partial charge in [0.25, 0.3) is 11.5 Å². The van der Waals surface area contributed by atoms with E-state index in [9.17, 15) is 22.8 Å². The molecule has 2 aromatic heterocycles. The van der Waals surface area contributed by atoms with Crippen LogP contribution in [0.25, 0.3) is 22.8 Å². The van der Waals surface area contributed by atoms with Crippen LogP contribution < -0.4 is 10.9 Å². The summed E-state index contributed by atoms with van der Waals surface area (Å²) in [6, 6.07) is 14.7. The van der Waals surface area contributed by atoms with E-state index in [1.54, 1.807) is 37.3 Å². The van der Waals surface area contributed by atoms with Gasteiger partial charge in [-0.05, 0) is 56.3 Å². The average molecular weight is 492 g/mol. The lowest BCUT2D eigenvalue weighted by atomic mass is 10.1. The maximum atomic E-state index is 13.9. The van der Waals surface area contributed by atoms with Gasteiger partial charge in [0.05, 0.1) is 46.2 Å². The summed E-state index contributed by atoms with van der Waals surface area (Å²) >= 11 is 0. The highest BCUT2D eigenvalue weighted by atomic mass is 19.4. The van der Waals surface area contributed by atoms with Gasteiger partial charge in [-0.15, -0.1) is 0 Å². The Balaban J connectivity index is 2.04. The van der Waals surface area contributed by atoms with Crippen molar-refractivity contribution in [2.75, 3.05) is 6.54 Å². The zero-order chi connectivity index (χ0) is 26.0. The number of carbonyl (C=O) groups is 1. The van der Waals surface area contributed by atoms with Crippen molar-refractivity contribution in [2.45, 2.75) is 20.0 Å². The summed E-state index contributed by atoms with van der Waals surface area (Å²) in [5.74, 6) is -0.813. The molecule has 0 saturated carbocycles. The van der Waals surface area contributed by atoms with Gasteiger partial charge in [0.2, 0.25) is 0 Å². The van der Waals surface area contributed by atoms with Crippen LogP contribution in [0.3, 0.4) is 0 Å². The summed E-state index contributed by atoms with van der Waals surface area (Å²) < 4.78 is 43.9. The Bertz CT molecular complexity index is 1550. The van der Waals surface area contributed by atoms with Gasteiger partial charge in [-0.1, -0.05) is 12.1 Å². The van der Waals surface area contributed by atoms with Crippen molar-refractivity contribution in [2.24, 2.45) is 0 Å². The van der Waals surface area contributed by atoms with Crippen molar-refractivity contribution in [3.8, 4) is 28.8 Å². The Morgan fingerprint density at radius 1 is 1.11 bits per heavy atom. The van der Waals surface area contributed by atoms with E-state index in [-0.39, 0.29) is 17.9 Å². The summed E-state index contributed by atoms with van der Waals surface area (Å²) in [6.07, 6.45) is -3.29. The number of rotatable bonds is 5. The number of halogens is 3. The Hall–Kier alpha value is -4.72. The molecule has 0 fully saturated rings. The summed E-state index contributed by atoms with van der Waals surface area (Å²) in [4.78, 5) is 30.4. The third-order valence-electron chi connectivity index (χ3n) is 5.44. The van der Waals surface area contributed by atoms with Crippen LogP contribution in [0.5, 0.6) is 0 Å². The Morgan fingerprint density at radius 2 is 1.81 bits per heavy atom. The van der Waals surface area contributed by atoms with E-state index in [4.69, 9.17) is 5.26 Å². The van der Waals surface area contributed by atoms with Crippen LogP contribution in [0.2, 0.25) is 0 Å². The molecule has 0 unspecified atom stereocenters. The van der Waals surface area contributed by atoms with E-state index in [1.165, 1.54) is 36.0 Å². The molecule has 36 heavy (non-hydrogen) atoms. The second-order valence-electron chi connectivity index (χ2n) is 7.70. The number of nitriles is 1. The normalized spacial score (nSPS) is 11.2. The van der Waals surface area contributed by atoms with Crippen LogP contribution in [0, 0.1) is 18.3 Å². The van der Waals surface area contributed by atoms with Gasteiger partial charge in [0.15, 0.2) is 5.69 Å². The highest BCUT2D eigenvalue weighted by Crippen LogP contribution is 2.34. The van der Waals surface area contributed by atoms with Gasteiger partial charge < -0.3 is 5.32 Å². The van der Waals surface area contributed by atoms with E-state index in [1.807, 2.05) is 6.07 Å². The number of aromatic nitrogens is 4. The molecular weight excluding hydrogens is 473 g/mol. The topological polar surface area (TPSA) is 106 Å². The molecule has 0 saturated heterocycles. The van der Waals surface area contributed by atoms with Crippen molar-refractivity contribution in [1.82, 2.24) is 24.6 Å². The van der Waals surface area contributed by atoms with Gasteiger partial charge in [-0.25, -0.2) is 9.67 Å². The van der Waals surface area contributed by atoms with Crippen LogP contribution in [0.4, 0.5) is 13.2 Å². The lowest BCUT2D eigenvalue weighted by molar-refractivity contribution is -0.137. The molecule has 4 rings (SSSR count). The van der Waals surface area contributed by atoms with Gasteiger partial charge in [-0.2, -0.15) is 23.5 Å². The molecule has 4 aromatic rings. The highest BCUT2D eigenvalue weighted by molar-refractivity contribution is 5.92.